The second kappa shape index (κ2) is 6.53. The summed E-state index contributed by atoms with van der Waals surface area (Å²) >= 11 is 0. The highest BCUT2D eigenvalue weighted by molar-refractivity contribution is 5.81. The van der Waals surface area contributed by atoms with E-state index in [1.165, 1.54) is 32.4 Å². The van der Waals surface area contributed by atoms with Crippen molar-refractivity contribution in [1.82, 2.24) is 9.80 Å². The van der Waals surface area contributed by atoms with Gasteiger partial charge >= 0.3 is 0 Å². The van der Waals surface area contributed by atoms with E-state index < -0.39 is 0 Å². The average molecular weight is 253 g/mol. The quantitative estimate of drug-likeness (QED) is 0.819. The summed E-state index contributed by atoms with van der Waals surface area (Å²) in [7, 11) is 0. The van der Waals surface area contributed by atoms with Crippen LogP contribution < -0.4 is 5.73 Å². The van der Waals surface area contributed by atoms with Crippen LogP contribution in [0.1, 0.15) is 45.4 Å². The van der Waals surface area contributed by atoms with Gasteiger partial charge in [0.1, 0.15) is 0 Å². The minimum atomic E-state index is -0.282. The number of nitrogens with two attached hydrogens (primary N) is 1. The SMILES string of the molecule is CCC[C@@H](N)C(=O)N1CCC(N2CCCCC2)C1. The number of carbonyl (C=O) groups is 1. The van der Waals surface area contributed by atoms with Crippen molar-refractivity contribution in [2.75, 3.05) is 26.2 Å². The molecule has 0 bridgehead atoms. The van der Waals surface area contributed by atoms with Crippen LogP contribution in [0.25, 0.3) is 0 Å². The predicted octanol–water partition coefficient (Wildman–Crippen LogP) is 1.20. The van der Waals surface area contributed by atoms with E-state index in [9.17, 15) is 4.79 Å². The molecule has 2 rings (SSSR count). The Labute approximate surface area is 110 Å². The first kappa shape index (κ1) is 13.8. The second-order valence-corrected chi connectivity index (χ2v) is 5.72. The van der Waals surface area contributed by atoms with Gasteiger partial charge < -0.3 is 10.6 Å². The molecule has 0 spiro atoms. The van der Waals surface area contributed by atoms with Crippen molar-refractivity contribution < 1.29 is 4.79 Å². The van der Waals surface area contributed by atoms with Crippen LogP contribution in [0.5, 0.6) is 0 Å². The van der Waals surface area contributed by atoms with Gasteiger partial charge in [-0.1, -0.05) is 19.8 Å². The number of carbonyl (C=O) groups excluding carboxylic acids is 1. The van der Waals surface area contributed by atoms with Crippen molar-refractivity contribution in [3.05, 3.63) is 0 Å². The maximum absolute atomic E-state index is 12.1. The molecule has 1 unspecified atom stereocenters. The molecule has 0 aromatic rings. The molecule has 0 aromatic carbocycles. The monoisotopic (exact) mass is 253 g/mol. The number of amides is 1. The molecule has 2 N–H and O–H groups in total. The van der Waals surface area contributed by atoms with Crippen molar-refractivity contribution in [2.24, 2.45) is 5.73 Å². The number of hydrogen-bond acceptors (Lipinski definition) is 3. The summed E-state index contributed by atoms with van der Waals surface area (Å²) in [5, 5.41) is 0. The Bertz CT molecular complexity index is 276. The number of piperidine rings is 1. The average Bonchev–Trinajstić information content (AvgIpc) is 2.89. The van der Waals surface area contributed by atoms with Gasteiger partial charge in [-0.25, -0.2) is 0 Å². The molecule has 2 saturated heterocycles. The van der Waals surface area contributed by atoms with Crippen LogP contribution in [-0.4, -0.2) is 54.0 Å². The van der Waals surface area contributed by atoms with E-state index in [2.05, 4.69) is 11.8 Å². The molecule has 2 heterocycles. The lowest BCUT2D eigenvalue weighted by Crippen LogP contribution is -2.45. The Kier molecular flexibility index (Phi) is 5.01. The third kappa shape index (κ3) is 3.23. The molecule has 104 valence electrons. The van der Waals surface area contributed by atoms with E-state index >= 15 is 0 Å². The van der Waals surface area contributed by atoms with Crippen LogP contribution in [0.4, 0.5) is 0 Å². The van der Waals surface area contributed by atoms with E-state index in [1.54, 1.807) is 0 Å². The van der Waals surface area contributed by atoms with Crippen molar-refractivity contribution in [1.29, 1.82) is 0 Å². The molecule has 4 heteroatoms. The molecule has 1 amide bonds. The van der Waals surface area contributed by atoms with Crippen LogP contribution in [0.3, 0.4) is 0 Å². The summed E-state index contributed by atoms with van der Waals surface area (Å²) in [5.41, 5.74) is 5.93. The molecule has 2 fully saturated rings. The van der Waals surface area contributed by atoms with Gasteiger partial charge in [0.15, 0.2) is 0 Å². The fraction of sp³-hybridized carbons (Fsp3) is 0.929. The summed E-state index contributed by atoms with van der Waals surface area (Å²) in [6.07, 6.45) is 6.93. The largest absolute Gasteiger partial charge is 0.340 e. The minimum Gasteiger partial charge on any atom is -0.340 e. The van der Waals surface area contributed by atoms with Crippen LogP contribution >= 0.6 is 0 Å². The zero-order valence-electron chi connectivity index (χ0n) is 11.6. The lowest BCUT2D eigenvalue weighted by atomic mass is 10.1. The van der Waals surface area contributed by atoms with E-state index in [1.807, 2.05) is 4.90 Å². The Morgan fingerprint density at radius 1 is 1.28 bits per heavy atom. The normalized spacial score (nSPS) is 27.4. The maximum Gasteiger partial charge on any atom is 0.239 e. The van der Waals surface area contributed by atoms with Gasteiger partial charge in [-0.3, -0.25) is 9.69 Å². The van der Waals surface area contributed by atoms with Gasteiger partial charge in [-0.05, 0) is 38.8 Å². The molecular weight excluding hydrogens is 226 g/mol. The fourth-order valence-electron chi connectivity index (χ4n) is 3.19. The molecule has 0 aromatic heterocycles. The predicted molar refractivity (Wildman–Crippen MR) is 73.3 cm³/mol. The van der Waals surface area contributed by atoms with Gasteiger partial charge in [0, 0.05) is 19.1 Å². The van der Waals surface area contributed by atoms with Crippen LogP contribution in [-0.2, 0) is 4.79 Å². The maximum atomic E-state index is 12.1. The number of likely N-dealkylation sites (tertiary alicyclic amines) is 2. The molecule has 0 radical (unpaired) electrons. The molecule has 0 aliphatic carbocycles. The third-order valence-corrected chi connectivity index (χ3v) is 4.30. The van der Waals surface area contributed by atoms with Gasteiger partial charge in [0.25, 0.3) is 0 Å². The molecule has 18 heavy (non-hydrogen) atoms. The minimum absolute atomic E-state index is 0.163. The van der Waals surface area contributed by atoms with E-state index in [0.717, 1.165) is 32.4 Å². The standard InChI is InChI=1S/C14H27N3O/c1-2-6-13(15)14(18)17-10-7-12(11-17)16-8-4-3-5-9-16/h12-13H,2-11,15H2,1H3/t12?,13-/m1/s1. The molecule has 2 atom stereocenters. The Balaban J connectivity index is 1.81. The third-order valence-electron chi connectivity index (χ3n) is 4.30. The number of nitrogens with zero attached hydrogens (tertiary/aromatic N) is 2. The van der Waals surface area contributed by atoms with Gasteiger partial charge in [-0.2, -0.15) is 0 Å². The first-order chi connectivity index (χ1) is 8.72. The van der Waals surface area contributed by atoms with Crippen molar-refractivity contribution in [3.63, 3.8) is 0 Å². The first-order valence-electron chi connectivity index (χ1n) is 7.50. The Morgan fingerprint density at radius 3 is 2.67 bits per heavy atom. The first-order valence-corrected chi connectivity index (χ1v) is 7.50. The molecular formula is C14H27N3O. The highest BCUT2D eigenvalue weighted by atomic mass is 16.2. The molecule has 2 aliphatic heterocycles. The highest BCUT2D eigenvalue weighted by Crippen LogP contribution is 2.20. The lowest BCUT2D eigenvalue weighted by Gasteiger charge is -2.32. The summed E-state index contributed by atoms with van der Waals surface area (Å²) in [6.45, 7) is 6.31. The summed E-state index contributed by atoms with van der Waals surface area (Å²) in [5.74, 6) is 0.163. The second-order valence-electron chi connectivity index (χ2n) is 5.72. The molecule has 0 saturated carbocycles. The van der Waals surface area contributed by atoms with E-state index in [0.29, 0.717) is 6.04 Å². The smallest absolute Gasteiger partial charge is 0.239 e. The summed E-state index contributed by atoms with van der Waals surface area (Å²) in [6, 6.07) is 0.304. The van der Waals surface area contributed by atoms with Gasteiger partial charge in [0.05, 0.1) is 6.04 Å². The van der Waals surface area contributed by atoms with Gasteiger partial charge in [0.2, 0.25) is 5.91 Å². The molecule has 2 aliphatic rings. The van der Waals surface area contributed by atoms with Gasteiger partial charge in [-0.15, -0.1) is 0 Å². The van der Waals surface area contributed by atoms with E-state index in [4.69, 9.17) is 5.73 Å². The highest BCUT2D eigenvalue weighted by Gasteiger charge is 2.32. The Morgan fingerprint density at radius 2 is 2.00 bits per heavy atom. The van der Waals surface area contributed by atoms with Crippen LogP contribution in [0.15, 0.2) is 0 Å². The number of hydrogen-bond donors (Lipinski definition) is 1. The zero-order valence-corrected chi connectivity index (χ0v) is 11.6. The van der Waals surface area contributed by atoms with Crippen molar-refractivity contribution >= 4 is 5.91 Å². The van der Waals surface area contributed by atoms with Crippen molar-refractivity contribution in [2.45, 2.75) is 57.5 Å². The summed E-state index contributed by atoms with van der Waals surface area (Å²) in [4.78, 5) is 16.7. The van der Waals surface area contributed by atoms with Crippen molar-refractivity contribution in [3.8, 4) is 0 Å². The summed E-state index contributed by atoms with van der Waals surface area (Å²) < 4.78 is 0. The Hall–Kier alpha value is -0.610. The topological polar surface area (TPSA) is 49.6 Å². The zero-order chi connectivity index (χ0) is 13.0. The van der Waals surface area contributed by atoms with E-state index in [-0.39, 0.29) is 11.9 Å². The van der Waals surface area contributed by atoms with Crippen LogP contribution in [0.2, 0.25) is 0 Å². The lowest BCUT2D eigenvalue weighted by molar-refractivity contribution is -0.131. The molecule has 4 nitrogen and oxygen atoms in total. The van der Waals surface area contributed by atoms with Crippen LogP contribution in [0, 0.1) is 0 Å². The number of rotatable bonds is 4. The fourth-order valence-corrected chi connectivity index (χ4v) is 3.19.